The van der Waals surface area contributed by atoms with E-state index in [9.17, 15) is 18.0 Å². The summed E-state index contributed by atoms with van der Waals surface area (Å²) in [7, 11) is -3.60. The van der Waals surface area contributed by atoms with Crippen LogP contribution in [0.25, 0.3) is 0 Å². The summed E-state index contributed by atoms with van der Waals surface area (Å²) < 4.78 is 37.2. The first-order valence-electron chi connectivity index (χ1n) is 13.1. The highest BCUT2D eigenvalue weighted by molar-refractivity contribution is 7.92. The fourth-order valence-corrected chi connectivity index (χ4v) is 5.98. The number of ether oxygens (including phenoxy) is 2. The molecule has 2 aromatic rings. The van der Waals surface area contributed by atoms with Gasteiger partial charge in [-0.3, -0.25) is 13.9 Å². The van der Waals surface area contributed by atoms with Gasteiger partial charge in [0.15, 0.2) is 11.5 Å². The van der Waals surface area contributed by atoms with Gasteiger partial charge in [-0.25, -0.2) is 8.42 Å². The number of carbonyl (C=O) groups is 2. The number of nitrogens with zero attached hydrogens (tertiary/aromatic N) is 2. The van der Waals surface area contributed by atoms with Crippen LogP contribution in [-0.4, -0.2) is 56.8 Å². The van der Waals surface area contributed by atoms with Crippen LogP contribution < -0.4 is 19.1 Å². The van der Waals surface area contributed by atoms with E-state index >= 15 is 0 Å². The smallest absolute Gasteiger partial charge is 0.242 e. The highest BCUT2D eigenvalue weighted by Gasteiger charge is 2.29. The molecule has 1 aliphatic carbocycles. The van der Waals surface area contributed by atoms with E-state index in [4.69, 9.17) is 9.47 Å². The summed E-state index contributed by atoms with van der Waals surface area (Å²) >= 11 is 0. The van der Waals surface area contributed by atoms with E-state index < -0.39 is 16.1 Å². The zero-order chi connectivity index (χ0) is 27.3. The number of hydrogen-bond donors (Lipinski definition) is 1. The quantitative estimate of drug-likeness (QED) is 0.463. The Kier molecular flexibility index (Phi) is 8.81. The number of amides is 2. The van der Waals surface area contributed by atoms with Crippen molar-refractivity contribution in [3.63, 3.8) is 0 Å². The normalized spacial score (nSPS) is 15.8. The van der Waals surface area contributed by atoms with Gasteiger partial charge in [-0.2, -0.15) is 0 Å². The van der Waals surface area contributed by atoms with Gasteiger partial charge < -0.3 is 19.7 Å². The molecule has 0 aromatic heterocycles. The largest absolute Gasteiger partial charge is 0.454 e. The van der Waals surface area contributed by atoms with Crippen molar-refractivity contribution >= 4 is 27.5 Å². The van der Waals surface area contributed by atoms with E-state index in [0.29, 0.717) is 30.2 Å². The van der Waals surface area contributed by atoms with Crippen LogP contribution in [0.3, 0.4) is 0 Å². The SMILES string of the molecule is Cc1cccc(CN(C(=O)CCCN(c2ccc3c(c2)OCO3)S(C)(=O)=O)C(C)C(=O)NC2CCCC2)c1. The van der Waals surface area contributed by atoms with Crippen LogP contribution in [0.5, 0.6) is 11.5 Å². The fourth-order valence-electron chi connectivity index (χ4n) is 5.03. The molecule has 4 rings (SSSR count). The first-order valence-corrected chi connectivity index (χ1v) is 15.0. The summed E-state index contributed by atoms with van der Waals surface area (Å²) in [6.45, 7) is 4.26. The van der Waals surface area contributed by atoms with E-state index in [1.807, 2.05) is 31.2 Å². The molecule has 0 saturated heterocycles. The molecule has 1 unspecified atom stereocenters. The minimum Gasteiger partial charge on any atom is -0.454 e. The second-order valence-electron chi connectivity index (χ2n) is 10.2. The second-order valence-corrected chi connectivity index (χ2v) is 12.1. The number of aryl methyl sites for hydroxylation is 1. The predicted octanol–water partition coefficient (Wildman–Crippen LogP) is 3.75. The van der Waals surface area contributed by atoms with E-state index in [2.05, 4.69) is 5.32 Å². The molecule has 2 aliphatic rings. The maximum atomic E-state index is 13.5. The lowest BCUT2D eigenvalue weighted by atomic mass is 10.1. The van der Waals surface area contributed by atoms with Crippen molar-refractivity contribution in [3.05, 3.63) is 53.6 Å². The predicted molar refractivity (Wildman–Crippen MR) is 146 cm³/mol. The molecule has 206 valence electrons. The molecule has 2 amide bonds. The lowest BCUT2D eigenvalue weighted by Gasteiger charge is -2.30. The maximum absolute atomic E-state index is 13.5. The van der Waals surface area contributed by atoms with Crippen molar-refractivity contribution < 1.29 is 27.5 Å². The molecule has 0 bridgehead atoms. The molecule has 2 aromatic carbocycles. The molecule has 1 saturated carbocycles. The molecule has 1 fully saturated rings. The first-order chi connectivity index (χ1) is 18.1. The Hall–Kier alpha value is -3.27. The molecule has 38 heavy (non-hydrogen) atoms. The second kappa shape index (κ2) is 12.1. The molecule has 1 atom stereocenters. The van der Waals surface area contributed by atoms with Gasteiger partial charge in [0.2, 0.25) is 28.6 Å². The summed E-state index contributed by atoms with van der Waals surface area (Å²) in [6, 6.07) is 12.4. The molecule has 10 heteroatoms. The molecule has 0 spiro atoms. The van der Waals surface area contributed by atoms with E-state index in [1.165, 1.54) is 4.31 Å². The number of fused-ring (bicyclic) bond motifs is 1. The third-order valence-corrected chi connectivity index (χ3v) is 8.29. The van der Waals surface area contributed by atoms with Gasteiger partial charge in [-0.05, 0) is 50.8 Å². The van der Waals surface area contributed by atoms with Crippen molar-refractivity contribution in [1.82, 2.24) is 10.2 Å². The van der Waals surface area contributed by atoms with Crippen molar-refractivity contribution in [2.45, 2.75) is 71.0 Å². The van der Waals surface area contributed by atoms with E-state index in [1.54, 1.807) is 30.0 Å². The summed E-state index contributed by atoms with van der Waals surface area (Å²) in [5.41, 5.74) is 2.47. The lowest BCUT2D eigenvalue weighted by Crippen LogP contribution is -2.49. The maximum Gasteiger partial charge on any atom is 0.242 e. The Labute approximate surface area is 225 Å². The Morgan fingerprint density at radius 1 is 1.08 bits per heavy atom. The van der Waals surface area contributed by atoms with Gasteiger partial charge in [0.1, 0.15) is 6.04 Å². The van der Waals surface area contributed by atoms with Gasteiger partial charge in [0.25, 0.3) is 0 Å². The molecule has 1 aliphatic heterocycles. The van der Waals surface area contributed by atoms with Crippen molar-refractivity contribution in [2.75, 3.05) is 23.9 Å². The van der Waals surface area contributed by atoms with Crippen molar-refractivity contribution in [1.29, 1.82) is 0 Å². The monoisotopic (exact) mass is 543 g/mol. The molecule has 1 N–H and O–H groups in total. The van der Waals surface area contributed by atoms with Crippen LogP contribution >= 0.6 is 0 Å². The fraction of sp³-hybridized carbons (Fsp3) is 0.500. The van der Waals surface area contributed by atoms with Crippen LogP contribution in [0.4, 0.5) is 5.69 Å². The zero-order valence-electron chi connectivity index (χ0n) is 22.3. The molecular formula is C28H37N3O6S. The van der Waals surface area contributed by atoms with E-state index in [-0.39, 0.29) is 37.6 Å². The van der Waals surface area contributed by atoms with Gasteiger partial charge in [-0.15, -0.1) is 0 Å². The van der Waals surface area contributed by atoms with Crippen LogP contribution in [-0.2, 0) is 26.2 Å². The third kappa shape index (κ3) is 6.98. The first kappa shape index (κ1) is 27.8. The lowest BCUT2D eigenvalue weighted by molar-refractivity contribution is -0.141. The Morgan fingerprint density at radius 2 is 1.82 bits per heavy atom. The number of rotatable bonds is 11. The minimum atomic E-state index is -3.60. The van der Waals surface area contributed by atoms with Crippen molar-refractivity contribution in [3.8, 4) is 11.5 Å². The number of sulfonamides is 1. The number of carbonyl (C=O) groups excluding carboxylic acids is 2. The molecule has 0 radical (unpaired) electrons. The zero-order valence-corrected chi connectivity index (χ0v) is 23.1. The molecule has 1 heterocycles. The van der Waals surface area contributed by atoms with Gasteiger partial charge in [-0.1, -0.05) is 42.7 Å². The summed E-state index contributed by atoms with van der Waals surface area (Å²) in [5.74, 6) is 0.698. The van der Waals surface area contributed by atoms with Crippen LogP contribution in [0.2, 0.25) is 0 Å². The highest BCUT2D eigenvalue weighted by atomic mass is 32.2. The average Bonchev–Trinajstić information content (AvgIpc) is 3.55. The van der Waals surface area contributed by atoms with E-state index in [0.717, 1.165) is 43.1 Å². The summed E-state index contributed by atoms with van der Waals surface area (Å²) in [6.07, 6.45) is 5.66. The average molecular weight is 544 g/mol. The van der Waals surface area contributed by atoms with Crippen LogP contribution in [0.1, 0.15) is 56.6 Å². The number of benzene rings is 2. The number of nitrogens with one attached hydrogen (secondary N) is 1. The summed E-state index contributed by atoms with van der Waals surface area (Å²) in [5, 5.41) is 3.10. The molecule has 9 nitrogen and oxygen atoms in total. The topological polar surface area (TPSA) is 105 Å². The Balaban J connectivity index is 1.45. The number of anilines is 1. The van der Waals surface area contributed by atoms with Gasteiger partial charge in [0, 0.05) is 31.6 Å². The van der Waals surface area contributed by atoms with Crippen molar-refractivity contribution in [2.24, 2.45) is 0 Å². The van der Waals surface area contributed by atoms with Gasteiger partial charge in [0.05, 0.1) is 11.9 Å². The summed E-state index contributed by atoms with van der Waals surface area (Å²) in [4.78, 5) is 28.2. The standard InChI is InChI=1S/C28H37N3O6S/c1-20-8-6-9-22(16-20)18-30(21(2)28(33)29-23-10-4-5-11-23)27(32)12-7-15-31(38(3,34)35)24-13-14-25-26(17-24)37-19-36-25/h6,8-9,13-14,16-17,21,23H,4-5,7,10-12,15,18-19H2,1-3H3,(H,29,33). The third-order valence-electron chi connectivity index (χ3n) is 7.10. The molecular weight excluding hydrogens is 506 g/mol. The van der Waals surface area contributed by atoms with Crippen LogP contribution in [0, 0.1) is 6.92 Å². The van der Waals surface area contributed by atoms with Crippen LogP contribution in [0.15, 0.2) is 42.5 Å². The number of hydrogen-bond acceptors (Lipinski definition) is 6. The Morgan fingerprint density at radius 3 is 2.53 bits per heavy atom. The highest BCUT2D eigenvalue weighted by Crippen LogP contribution is 2.36. The Bertz CT molecular complexity index is 1260. The minimum absolute atomic E-state index is 0.0927. The van der Waals surface area contributed by atoms with Gasteiger partial charge >= 0.3 is 0 Å².